The maximum absolute atomic E-state index is 12.2. The average Bonchev–Trinajstić information content (AvgIpc) is 2.38. The van der Waals surface area contributed by atoms with Crippen molar-refractivity contribution in [1.29, 1.82) is 0 Å². The molecule has 0 saturated heterocycles. The first-order chi connectivity index (χ1) is 9.74. The lowest BCUT2D eigenvalue weighted by molar-refractivity contribution is 0.0474. The highest BCUT2D eigenvalue weighted by atomic mass is 16.6. The third-order valence-corrected chi connectivity index (χ3v) is 2.70. The van der Waals surface area contributed by atoms with Gasteiger partial charge >= 0.3 is 6.09 Å². The van der Waals surface area contributed by atoms with E-state index in [1.807, 2.05) is 0 Å². The quantitative estimate of drug-likeness (QED) is 0.791. The predicted molar refractivity (Wildman–Crippen MR) is 75.8 cm³/mol. The van der Waals surface area contributed by atoms with Gasteiger partial charge in [-0.1, -0.05) is 0 Å². The molecular weight excluding hydrogens is 274 g/mol. The van der Waals surface area contributed by atoms with E-state index in [1.54, 1.807) is 27.7 Å². The number of nitrogens with one attached hydrogen (secondary N) is 1. The summed E-state index contributed by atoms with van der Waals surface area (Å²) >= 11 is 0. The molecule has 0 aliphatic heterocycles. The minimum absolute atomic E-state index is 0.148. The number of amides is 1. The Balaban J connectivity index is 2.71. The van der Waals surface area contributed by atoms with E-state index < -0.39 is 30.3 Å². The molecule has 1 heterocycles. The Labute approximate surface area is 123 Å². The second-order valence-electron chi connectivity index (χ2n) is 5.68. The second-order valence-corrected chi connectivity index (χ2v) is 5.68. The van der Waals surface area contributed by atoms with Crippen LogP contribution in [-0.2, 0) is 4.74 Å². The van der Waals surface area contributed by atoms with Crippen molar-refractivity contribution >= 4 is 11.9 Å². The summed E-state index contributed by atoms with van der Waals surface area (Å²) in [5, 5.41) is 12.0. The summed E-state index contributed by atoms with van der Waals surface area (Å²) in [5.74, 6) is -1.19. The summed E-state index contributed by atoms with van der Waals surface area (Å²) in [5.41, 5.74) is -0.484. The monoisotopic (exact) mass is 295 g/mol. The number of hydrogen-bond donors (Lipinski definition) is 2. The Morgan fingerprint density at radius 1 is 1.38 bits per heavy atom. The maximum Gasteiger partial charge on any atom is 0.407 e. The smallest absolute Gasteiger partial charge is 0.407 e. The molecule has 1 unspecified atom stereocenters. The number of nitrogens with zero attached hydrogens (tertiary/aromatic N) is 2. The fourth-order valence-electron chi connectivity index (χ4n) is 1.68. The molecule has 1 aromatic rings. The van der Waals surface area contributed by atoms with Gasteiger partial charge in [0.25, 0.3) is 0 Å². The molecule has 0 fully saturated rings. The Hall–Kier alpha value is -2.02. The minimum Gasteiger partial charge on any atom is -0.444 e. The fourth-order valence-corrected chi connectivity index (χ4v) is 1.68. The summed E-state index contributed by atoms with van der Waals surface area (Å²) < 4.78 is 5.12. The van der Waals surface area contributed by atoms with E-state index in [1.165, 1.54) is 18.6 Å². The standard InChI is InChI=1S/C14H21N3O4/c1-9(17-13(20)21-14(2,3)4)10(8-18)12(19)11-7-15-5-6-16-11/h5-7,9-10,18H,8H2,1-4H3,(H,17,20)/t9-,10?/m0/s1. The first kappa shape index (κ1) is 17.0. The van der Waals surface area contributed by atoms with Gasteiger partial charge in [0.2, 0.25) is 0 Å². The number of Topliss-reactive ketones (excluding diaryl/α,β-unsaturated/α-hetero) is 1. The number of aliphatic hydroxyl groups excluding tert-OH is 1. The molecule has 0 radical (unpaired) electrons. The van der Waals surface area contributed by atoms with E-state index in [0.717, 1.165) is 0 Å². The van der Waals surface area contributed by atoms with Crippen LogP contribution < -0.4 is 5.32 Å². The fraction of sp³-hybridized carbons (Fsp3) is 0.571. The van der Waals surface area contributed by atoms with Gasteiger partial charge in [-0.05, 0) is 27.7 Å². The topological polar surface area (TPSA) is 101 Å². The first-order valence-electron chi connectivity index (χ1n) is 6.65. The van der Waals surface area contributed by atoms with Crippen LogP contribution in [0.25, 0.3) is 0 Å². The lowest BCUT2D eigenvalue weighted by Crippen LogP contribution is -2.45. The molecule has 0 saturated carbocycles. The first-order valence-corrected chi connectivity index (χ1v) is 6.65. The molecule has 1 aromatic heterocycles. The zero-order valence-electron chi connectivity index (χ0n) is 12.7. The number of carbonyl (C=O) groups excluding carboxylic acids is 2. The molecule has 1 rings (SSSR count). The lowest BCUT2D eigenvalue weighted by Gasteiger charge is -2.25. The summed E-state index contributed by atoms with van der Waals surface area (Å²) in [7, 11) is 0. The Bertz CT molecular complexity index is 485. The molecule has 1 amide bonds. The van der Waals surface area contributed by atoms with Gasteiger partial charge in [0, 0.05) is 18.4 Å². The van der Waals surface area contributed by atoms with E-state index in [4.69, 9.17) is 4.74 Å². The van der Waals surface area contributed by atoms with Crippen molar-refractivity contribution in [2.45, 2.75) is 39.3 Å². The average molecular weight is 295 g/mol. The Morgan fingerprint density at radius 3 is 2.52 bits per heavy atom. The van der Waals surface area contributed by atoms with Crippen LogP contribution in [0.3, 0.4) is 0 Å². The third-order valence-electron chi connectivity index (χ3n) is 2.70. The molecule has 0 spiro atoms. The van der Waals surface area contributed by atoms with Gasteiger partial charge in [0.1, 0.15) is 11.3 Å². The largest absolute Gasteiger partial charge is 0.444 e. The number of rotatable bonds is 5. The number of aromatic nitrogens is 2. The van der Waals surface area contributed by atoms with Gasteiger partial charge in [-0.25, -0.2) is 9.78 Å². The van der Waals surface area contributed by atoms with Crippen molar-refractivity contribution in [2.24, 2.45) is 5.92 Å². The molecule has 116 valence electrons. The molecule has 7 heteroatoms. The van der Waals surface area contributed by atoms with Crippen molar-refractivity contribution in [1.82, 2.24) is 15.3 Å². The zero-order chi connectivity index (χ0) is 16.0. The minimum atomic E-state index is -0.811. The summed E-state index contributed by atoms with van der Waals surface area (Å²) in [6.45, 7) is 6.44. The maximum atomic E-state index is 12.2. The normalized spacial score (nSPS) is 14.1. The van der Waals surface area contributed by atoms with Gasteiger partial charge in [-0.3, -0.25) is 9.78 Å². The molecular formula is C14H21N3O4. The van der Waals surface area contributed by atoms with E-state index in [9.17, 15) is 14.7 Å². The van der Waals surface area contributed by atoms with E-state index in [-0.39, 0.29) is 11.5 Å². The molecule has 2 atom stereocenters. The Kier molecular flexibility index (Phi) is 5.78. The van der Waals surface area contributed by atoms with Crippen LogP contribution in [-0.4, -0.2) is 45.2 Å². The molecule has 2 N–H and O–H groups in total. The highest BCUT2D eigenvalue weighted by Gasteiger charge is 2.29. The van der Waals surface area contributed by atoms with Crippen molar-refractivity contribution in [2.75, 3.05) is 6.61 Å². The van der Waals surface area contributed by atoms with Crippen LogP contribution in [0.2, 0.25) is 0 Å². The SMILES string of the molecule is C[C@H](NC(=O)OC(C)(C)C)C(CO)C(=O)c1cnccn1. The number of hydrogen-bond acceptors (Lipinski definition) is 6. The highest BCUT2D eigenvalue weighted by Crippen LogP contribution is 2.12. The molecule has 7 nitrogen and oxygen atoms in total. The lowest BCUT2D eigenvalue weighted by atomic mass is 9.95. The van der Waals surface area contributed by atoms with Crippen molar-refractivity contribution < 1.29 is 19.4 Å². The second kappa shape index (κ2) is 7.12. The predicted octanol–water partition coefficient (Wildman–Crippen LogP) is 1.18. The van der Waals surface area contributed by atoms with Gasteiger partial charge < -0.3 is 15.2 Å². The molecule has 0 aliphatic rings. The number of aliphatic hydroxyl groups is 1. The van der Waals surface area contributed by atoms with Crippen LogP contribution in [0, 0.1) is 5.92 Å². The summed E-state index contributed by atoms with van der Waals surface area (Å²) in [4.78, 5) is 31.6. The Morgan fingerprint density at radius 2 is 2.05 bits per heavy atom. The van der Waals surface area contributed by atoms with Gasteiger partial charge in [0.05, 0.1) is 18.7 Å². The third kappa shape index (κ3) is 5.47. The molecule has 21 heavy (non-hydrogen) atoms. The molecule has 0 aliphatic carbocycles. The van der Waals surface area contributed by atoms with E-state index in [2.05, 4.69) is 15.3 Å². The number of carbonyl (C=O) groups is 2. The van der Waals surface area contributed by atoms with Crippen LogP contribution >= 0.6 is 0 Å². The van der Waals surface area contributed by atoms with Crippen molar-refractivity contribution in [3.8, 4) is 0 Å². The van der Waals surface area contributed by atoms with Gasteiger partial charge in [-0.15, -0.1) is 0 Å². The zero-order valence-corrected chi connectivity index (χ0v) is 12.7. The van der Waals surface area contributed by atoms with Crippen LogP contribution in [0.5, 0.6) is 0 Å². The number of ketones is 1. The van der Waals surface area contributed by atoms with Gasteiger partial charge in [0.15, 0.2) is 5.78 Å². The molecule has 0 aromatic carbocycles. The van der Waals surface area contributed by atoms with E-state index in [0.29, 0.717) is 0 Å². The number of alkyl carbamates (subject to hydrolysis) is 1. The number of ether oxygens (including phenoxy) is 1. The molecule has 0 bridgehead atoms. The van der Waals surface area contributed by atoms with Crippen LogP contribution in [0.1, 0.15) is 38.2 Å². The summed E-state index contributed by atoms with van der Waals surface area (Å²) in [6.07, 6.45) is 3.53. The van der Waals surface area contributed by atoms with Crippen LogP contribution in [0.4, 0.5) is 4.79 Å². The van der Waals surface area contributed by atoms with E-state index >= 15 is 0 Å². The van der Waals surface area contributed by atoms with Crippen molar-refractivity contribution in [3.05, 3.63) is 24.3 Å². The van der Waals surface area contributed by atoms with Crippen molar-refractivity contribution in [3.63, 3.8) is 0 Å². The highest BCUT2D eigenvalue weighted by molar-refractivity contribution is 5.96. The van der Waals surface area contributed by atoms with Crippen LogP contribution in [0.15, 0.2) is 18.6 Å². The summed E-state index contributed by atoms with van der Waals surface area (Å²) in [6, 6.07) is -0.598. The van der Waals surface area contributed by atoms with Gasteiger partial charge in [-0.2, -0.15) is 0 Å².